The molecule has 1 aromatic rings. The van der Waals surface area contributed by atoms with Crippen LogP contribution in [0, 0.1) is 0 Å². The third-order valence-electron chi connectivity index (χ3n) is 1.97. The first-order chi connectivity index (χ1) is 7.63. The Morgan fingerprint density at radius 2 is 2.12 bits per heavy atom. The van der Waals surface area contributed by atoms with Gasteiger partial charge in [-0.3, -0.25) is 4.79 Å². The fraction of sp³-hybridized carbons (Fsp3) is 0.273. The van der Waals surface area contributed by atoms with E-state index >= 15 is 0 Å². The van der Waals surface area contributed by atoms with Gasteiger partial charge in [0.15, 0.2) is 5.11 Å². The molecular weight excluding hydrogens is 244 g/mol. The molecule has 0 saturated carbocycles. The fourth-order valence-electron chi connectivity index (χ4n) is 1.08. The van der Waals surface area contributed by atoms with E-state index in [1.54, 1.807) is 6.92 Å². The van der Waals surface area contributed by atoms with E-state index in [1.165, 1.54) is 0 Å². The van der Waals surface area contributed by atoms with E-state index in [-0.39, 0.29) is 5.91 Å². The van der Waals surface area contributed by atoms with Crippen molar-refractivity contribution in [3.63, 3.8) is 0 Å². The zero-order valence-electron chi connectivity index (χ0n) is 8.92. The first-order valence-corrected chi connectivity index (χ1v) is 5.73. The van der Waals surface area contributed by atoms with E-state index in [0.717, 1.165) is 5.56 Å². The predicted octanol–water partition coefficient (Wildman–Crippen LogP) is 2.24. The van der Waals surface area contributed by atoms with Crippen LogP contribution in [0.2, 0.25) is 5.02 Å². The maximum atomic E-state index is 11.0. The van der Waals surface area contributed by atoms with E-state index in [4.69, 9.17) is 23.8 Å². The molecule has 3 nitrogen and oxygen atoms in total. The van der Waals surface area contributed by atoms with Crippen molar-refractivity contribution in [2.24, 2.45) is 0 Å². The van der Waals surface area contributed by atoms with E-state index in [2.05, 4.69) is 10.6 Å². The van der Waals surface area contributed by atoms with Gasteiger partial charge in [0, 0.05) is 18.0 Å². The van der Waals surface area contributed by atoms with Crippen LogP contribution in [0.4, 0.5) is 0 Å². The van der Waals surface area contributed by atoms with Gasteiger partial charge in [-0.15, -0.1) is 0 Å². The van der Waals surface area contributed by atoms with E-state index < -0.39 is 0 Å². The average Bonchev–Trinajstić information content (AvgIpc) is 2.28. The van der Waals surface area contributed by atoms with Crippen molar-refractivity contribution in [2.75, 3.05) is 0 Å². The van der Waals surface area contributed by atoms with Crippen LogP contribution in [0.5, 0.6) is 0 Å². The van der Waals surface area contributed by atoms with Gasteiger partial charge in [0.25, 0.3) is 0 Å². The van der Waals surface area contributed by atoms with Gasteiger partial charge in [0.2, 0.25) is 5.91 Å². The molecule has 0 radical (unpaired) electrons. The highest BCUT2D eigenvalue weighted by atomic mass is 35.5. The van der Waals surface area contributed by atoms with E-state index in [0.29, 0.717) is 23.1 Å². The number of carbonyl (C=O) groups excluding carboxylic acids is 1. The summed E-state index contributed by atoms with van der Waals surface area (Å²) in [4.78, 5) is 11.0. The quantitative estimate of drug-likeness (QED) is 0.815. The van der Waals surface area contributed by atoms with Gasteiger partial charge in [0.05, 0.1) is 0 Å². The van der Waals surface area contributed by atoms with Crippen molar-refractivity contribution in [3.8, 4) is 0 Å². The maximum Gasteiger partial charge on any atom is 0.225 e. The predicted molar refractivity (Wildman–Crippen MR) is 69.3 cm³/mol. The summed E-state index contributed by atoms with van der Waals surface area (Å²) in [6.45, 7) is 2.27. The Bertz CT molecular complexity index is 395. The van der Waals surface area contributed by atoms with Crippen LogP contribution in [0.15, 0.2) is 24.3 Å². The molecular formula is C11H13ClN2OS. The summed E-state index contributed by atoms with van der Waals surface area (Å²) in [5.41, 5.74) is 0.942. The Morgan fingerprint density at radius 3 is 2.75 bits per heavy atom. The third-order valence-corrected chi connectivity index (χ3v) is 2.59. The molecule has 0 atom stereocenters. The summed E-state index contributed by atoms with van der Waals surface area (Å²) in [5, 5.41) is 6.48. The number of halogens is 1. The van der Waals surface area contributed by atoms with Gasteiger partial charge in [-0.1, -0.05) is 36.7 Å². The van der Waals surface area contributed by atoms with Crippen LogP contribution in [-0.2, 0) is 11.3 Å². The van der Waals surface area contributed by atoms with Crippen LogP contribution in [0.1, 0.15) is 18.9 Å². The molecule has 0 bridgehead atoms. The summed E-state index contributed by atoms with van der Waals surface area (Å²) < 4.78 is 0. The Hall–Kier alpha value is -1.13. The molecule has 0 aliphatic carbocycles. The summed E-state index contributed by atoms with van der Waals surface area (Å²) in [7, 11) is 0. The molecule has 0 aromatic heterocycles. The topological polar surface area (TPSA) is 41.1 Å². The summed E-state index contributed by atoms with van der Waals surface area (Å²) in [5.74, 6) is -0.100. The molecule has 0 heterocycles. The first kappa shape index (κ1) is 12.9. The van der Waals surface area contributed by atoms with Crippen LogP contribution >= 0.6 is 23.8 Å². The van der Waals surface area contributed by atoms with Crippen LogP contribution in [-0.4, -0.2) is 11.0 Å². The van der Waals surface area contributed by atoms with Gasteiger partial charge in [-0.2, -0.15) is 0 Å². The minimum atomic E-state index is -0.100. The van der Waals surface area contributed by atoms with Gasteiger partial charge in [-0.05, 0) is 23.8 Å². The number of rotatable bonds is 3. The lowest BCUT2D eigenvalue weighted by molar-refractivity contribution is -0.119. The lowest BCUT2D eigenvalue weighted by atomic mass is 10.2. The summed E-state index contributed by atoms with van der Waals surface area (Å²) >= 11 is 10.9. The molecule has 2 N–H and O–H groups in total. The zero-order chi connectivity index (χ0) is 12.0. The largest absolute Gasteiger partial charge is 0.358 e. The van der Waals surface area contributed by atoms with Crippen molar-refractivity contribution in [1.82, 2.24) is 10.6 Å². The summed E-state index contributed by atoms with van der Waals surface area (Å²) in [6, 6.07) is 7.48. The average molecular weight is 257 g/mol. The second-order valence-electron chi connectivity index (χ2n) is 3.18. The van der Waals surface area contributed by atoms with Crippen molar-refractivity contribution in [3.05, 3.63) is 34.9 Å². The molecule has 1 amide bonds. The molecule has 5 heteroatoms. The highest BCUT2D eigenvalue weighted by molar-refractivity contribution is 7.80. The standard InChI is InChI=1S/C11H13ClN2OS/c1-2-10(15)14-11(16)13-7-8-5-3-4-6-9(8)12/h3-6H,2,7H2,1H3,(H2,13,14,15,16). The minimum Gasteiger partial charge on any atom is -0.358 e. The molecule has 0 saturated heterocycles. The molecule has 1 rings (SSSR count). The fourth-order valence-corrected chi connectivity index (χ4v) is 1.47. The van der Waals surface area contributed by atoms with Crippen molar-refractivity contribution < 1.29 is 4.79 Å². The first-order valence-electron chi connectivity index (χ1n) is 4.94. The number of hydrogen-bond donors (Lipinski definition) is 2. The maximum absolute atomic E-state index is 11.0. The SMILES string of the molecule is CCC(=O)NC(=S)NCc1ccccc1Cl. The second-order valence-corrected chi connectivity index (χ2v) is 3.99. The molecule has 0 spiro atoms. The van der Waals surface area contributed by atoms with E-state index in [9.17, 15) is 4.79 Å². The molecule has 16 heavy (non-hydrogen) atoms. The van der Waals surface area contributed by atoms with Crippen molar-refractivity contribution in [1.29, 1.82) is 0 Å². The Balaban J connectivity index is 2.43. The van der Waals surface area contributed by atoms with Crippen molar-refractivity contribution in [2.45, 2.75) is 19.9 Å². The van der Waals surface area contributed by atoms with Gasteiger partial charge in [-0.25, -0.2) is 0 Å². The number of hydrogen-bond acceptors (Lipinski definition) is 2. The second kappa shape index (κ2) is 6.45. The Morgan fingerprint density at radius 1 is 1.44 bits per heavy atom. The van der Waals surface area contributed by atoms with Gasteiger partial charge >= 0.3 is 0 Å². The lowest BCUT2D eigenvalue weighted by Crippen LogP contribution is -2.38. The number of nitrogens with one attached hydrogen (secondary N) is 2. The molecule has 0 aliphatic rings. The van der Waals surface area contributed by atoms with Gasteiger partial charge < -0.3 is 10.6 Å². The Kier molecular flexibility index (Phi) is 5.22. The number of benzene rings is 1. The highest BCUT2D eigenvalue weighted by Crippen LogP contribution is 2.13. The summed E-state index contributed by atoms with van der Waals surface area (Å²) in [6.07, 6.45) is 0.411. The number of carbonyl (C=O) groups is 1. The van der Waals surface area contributed by atoms with Crippen LogP contribution < -0.4 is 10.6 Å². The van der Waals surface area contributed by atoms with Crippen LogP contribution in [0.25, 0.3) is 0 Å². The molecule has 0 unspecified atom stereocenters. The highest BCUT2D eigenvalue weighted by Gasteiger charge is 2.02. The lowest BCUT2D eigenvalue weighted by Gasteiger charge is -2.09. The van der Waals surface area contributed by atoms with Crippen molar-refractivity contribution >= 4 is 34.8 Å². The normalized spacial score (nSPS) is 9.62. The smallest absolute Gasteiger partial charge is 0.225 e. The minimum absolute atomic E-state index is 0.100. The van der Waals surface area contributed by atoms with Crippen LogP contribution in [0.3, 0.4) is 0 Å². The zero-order valence-corrected chi connectivity index (χ0v) is 10.5. The van der Waals surface area contributed by atoms with E-state index in [1.807, 2.05) is 24.3 Å². The molecule has 86 valence electrons. The molecule has 0 fully saturated rings. The Labute approximate surface area is 105 Å². The molecule has 0 aliphatic heterocycles. The number of amides is 1. The number of thiocarbonyl (C=S) groups is 1. The molecule has 1 aromatic carbocycles. The monoisotopic (exact) mass is 256 g/mol. The van der Waals surface area contributed by atoms with Gasteiger partial charge in [0.1, 0.15) is 0 Å². The third kappa shape index (κ3) is 4.16.